The zero-order valence-electron chi connectivity index (χ0n) is 12.3. The van der Waals surface area contributed by atoms with Gasteiger partial charge in [0.15, 0.2) is 5.03 Å². The van der Waals surface area contributed by atoms with Crippen molar-refractivity contribution in [1.29, 1.82) is 0 Å². The van der Waals surface area contributed by atoms with E-state index in [1.807, 2.05) is 25.1 Å². The molecule has 3 aromatic rings. The lowest BCUT2D eigenvalue weighted by molar-refractivity contribution is 0.592. The molecule has 0 atom stereocenters. The Morgan fingerprint density at radius 2 is 1.61 bits per heavy atom. The highest BCUT2D eigenvalue weighted by Crippen LogP contribution is 2.24. The van der Waals surface area contributed by atoms with Crippen LogP contribution in [0.25, 0.3) is 10.6 Å². The van der Waals surface area contributed by atoms with Crippen LogP contribution in [-0.2, 0) is 9.84 Å². The summed E-state index contributed by atoms with van der Waals surface area (Å²) >= 11 is 0.927. The number of nitrogens with zero attached hydrogens (tertiary/aromatic N) is 1. The van der Waals surface area contributed by atoms with Crippen LogP contribution in [0.1, 0.15) is 5.56 Å². The monoisotopic (exact) mass is 343 g/mol. The van der Waals surface area contributed by atoms with Gasteiger partial charge in [-0.2, -0.15) is 0 Å². The second kappa shape index (κ2) is 6.06. The van der Waals surface area contributed by atoms with Crippen LogP contribution >= 0.6 is 11.3 Å². The van der Waals surface area contributed by atoms with E-state index < -0.39 is 9.84 Å². The molecule has 23 heavy (non-hydrogen) atoms. The van der Waals surface area contributed by atoms with Crippen LogP contribution in [0, 0.1) is 6.92 Å². The summed E-state index contributed by atoms with van der Waals surface area (Å²) < 4.78 is 25.0. The van der Waals surface area contributed by atoms with E-state index in [0.29, 0.717) is 5.01 Å². The van der Waals surface area contributed by atoms with Crippen LogP contribution in [0.4, 0.5) is 0 Å². The Morgan fingerprint density at radius 3 is 2.26 bits per heavy atom. The van der Waals surface area contributed by atoms with E-state index in [4.69, 9.17) is 0 Å². The Kier molecular flexibility index (Phi) is 4.11. The highest BCUT2D eigenvalue weighted by atomic mass is 32.2. The standard InChI is InChI=1S/C17H13NO3S2/c1-12-7-9-14(10-8-12)23(20,21)15-11-16(19)22-17(18-15)13-5-3-2-4-6-13/h2-11H,1H3. The lowest BCUT2D eigenvalue weighted by atomic mass is 10.2. The summed E-state index contributed by atoms with van der Waals surface area (Å²) in [5, 5.41) is 0.174. The van der Waals surface area contributed by atoms with E-state index in [1.165, 1.54) is 12.1 Å². The Hall–Kier alpha value is -2.31. The first kappa shape index (κ1) is 15.6. The Labute approximate surface area is 138 Å². The number of aromatic nitrogens is 1. The van der Waals surface area contributed by atoms with Crippen LogP contribution in [0.5, 0.6) is 0 Å². The Balaban J connectivity index is 2.15. The number of hydrogen-bond acceptors (Lipinski definition) is 5. The number of hydrogen-bond donors (Lipinski definition) is 0. The fourth-order valence-corrected chi connectivity index (χ4v) is 4.16. The predicted octanol–water partition coefficient (Wildman–Crippen LogP) is 3.31. The van der Waals surface area contributed by atoms with Crippen LogP contribution < -0.4 is 4.74 Å². The van der Waals surface area contributed by atoms with Gasteiger partial charge in [0.2, 0.25) is 14.6 Å². The molecule has 6 heteroatoms. The Bertz CT molecular complexity index is 992. The normalized spacial score (nSPS) is 11.3. The summed E-state index contributed by atoms with van der Waals surface area (Å²) in [4.78, 5) is 16.3. The molecule has 0 radical (unpaired) electrons. The van der Waals surface area contributed by atoms with E-state index in [-0.39, 0.29) is 14.7 Å². The van der Waals surface area contributed by atoms with Crippen molar-refractivity contribution in [2.24, 2.45) is 0 Å². The fraction of sp³-hybridized carbons (Fsp3) is 0.0588. The molecule has 3 rings (SSSR count). The van der Waals surface area contributed by atoms with Crippen LogP contribution in [0.15, 0.2) is 75.4 Å². The quantitative estimate of drug-likeness (QED) is 0.732. The summed E-state index contributed by atoms with van der Waals surface area (Å²) in [6.45, 7) is 1.88. The third kappa shape index (κ3) is 3.23. The second-order valence-electron chi connectivity index (χ2n) is 5.00. The van der Waals surface area contributed by atoms with Gasteiger partial charge >= 0.3 is 0 Å². The molecule has 2 aromatic carbocycles. The molecule has 116 valence electrons. The van der Waals surface area contributed by atoms with Crippen molar-refractivity contribution in [2.45, 2.75) is 16.8 Å². The molecule has 0 saturated heterocycles. The SMILES string of the molecule is Cc1ccc(S(=O)(=O)c2cc(=O)sc(-c3ccccc3)n2)cc1. The van der Waals surface area contributed by atoms with Gasteiger partial charge in [0.25, 0.3) is 0 Å². The lowest BCUT2D eigenvalue weighted by Gasteiger charge is -2.06. The minimum Gasteiger partial charge on any atom is -0.278 e. The first-order chi connectivity index (χ1) is 11.0. The van der Waals surface area contributed by atoms with Gasteiger partial charge in [0.1, 0.15) is 5.01 Å². The molecule has 0 N–H and O–H groups in total. The summed E-state index contributed by atoms with van der Waals surface area (Å²) in [5.41, 5.74) is 1.68. The van der Waals surface area contributed by atoms with Gasteiger partial charge in [-0.1, -0.05) is 59.4 Å². The molecule has 1 heterocycles. The number of rotatable bonds is 3. The first-order valence-corrected chi connectivity index (χ1v) is 9.16. The summed E-state index contributed by atoms with van der Waals surface area (Å²) in [7, 11) is -3.81. The largest absolute Gasteiger partial charge is 0.278 e. The zero-order valence-corrected chi connectivity index (χ0v) is 13.9. The van der Waals surface area contributed by atoms with Gasteiger partial charge in [0.05, 0.1) is 4.90 Å². The average Bonchev–Trinajstić information content (AvgIpc) is 2.55. The summed E-state index contributed by atoms with van der Waals surface area (Å²) in [5.74, 6) is 0. The second-order valence-corrected chi connectivity index (χ2v) is 7.89. The smallest absolute Gasteiger partial charge is 0.237 e. The third-order valence-electron chi connectivity index (χ3n) is 3.28. The van der Waals surface area contributed by atoms with Gasteiger partial charge < -0.3 is 0 Å². The molecule has 0 bridgehead atoms. The van der Waals surface area contributed by atoms with Gasteiger partial charge in [-0.3, -0.25) is 4.79 Å². The number of benzene rings is 2. The highest BCUT2D eigenvalue weighted by molar-refractivity contribution is 7.91. The molecule has 1 aromatic heterocycles. The molecule has 0 unspecified atom stereocenters. The van der Waals surface area contributed by atoms with E-state index >= 15 is 0 Å². The van der Waals surface area contributed by atoms with Gasteiger partial charge in [-0.25, -0.2) is 13.4 Å². The molecule has 0 amide bonds. The highest BCUT2D eigenvalue weighted by Gasteiger charge is 2.21. The van der Waals surface area contributed by atoms with Crippen molar-refractivity contribution in [3.63, 3.8) is 0 Å². The van der Waals surface area contributed by atoms with Crippen molar-refractivity contribution in [3.8, 4) is 10.6 Å². The molecule has 0 spiro atoms. The minimum absolute atomic E-state index is 0.130. The van der Waals surface area contributed by atoms with Gasteiger partial charge in [0, 0.05) is 11.6 Å². The zero-order chi connectivity index (χ0) is 16.4. The molecular formula is C17H13NO3S2. The molecular weight excluding hydrogens is 330 g/mol. The van der Waals surface area contributed by atoms with Crippen molar-refractivity contribution in [1.82, 2.24) is 4.98 Å². The molecule has 0 aliphatic heterocycles. The molecule has 0 saturated carbocycles. The molecule has 0 aliphatic carbocycles. The van der Waals surface area contributed by atoms with E-state index in [2.05, 4.69) is 4.98 Å². The topological polar surface area (TPSA) is 64.1 Å². The maximum atomic E-state index is 12.7. The summed E-state index contributed by atoms with van der Waals surface area (Å²) in [6, 6.07) is 16.6. The van der Waals surface area contributed by atoms with E-state index in [0.717, 1.165) is 28.5 Å². The van der Waals surface area contributed by atoms with Crippen LogP contribution in [-0.4, -0.2) is 13.4 Å². The maximum absolute atomic E-state index is 12.7. The maximum Gasteiger partial charge on any atom is 0.237 e. The Morgan fingerprint density at radius 1 is 0.957 bits per heavy atom. The van der Waals surface area contributed by atoms with Crippen molar-refractivity contribution >= 4 is 21.2 Å². The predicted molar refractivity (Wildman–Crippen MR) is 90.5 cm³/mol. The van der Waals surface area contributed by atoms with E-state index in [9.17, 15) is 13.2 Å². The van der Waals surface area contributed by atoms with Crippen LogP contribution in [0.3, 0.4) is 0 Å². The fourth-order valence-electron chi connectivity index (χ4n) is 2.06. The number of aryl methyl sites for hydroxylation is 1. The average molecular weight is 343 g/mol. The molecule has 4 nitrogen and oxygen atoms in total. The number of sulfone groups is 1. The van der Waals surface area contributed by atoms with Crippen molar-refractivity contribution < 1.29 is 8.42 Å². The lowest BCUT2D eigenvalue weighted by Crippen LogP contribution is -2.09. The molecule has 0 aliphatic rings. The minimum atomic E-state index is -3.81. The van der Waals surface area contributed by atoms with Gasteiger partial charge in [-0.05, 0) is 19.1 Å². The van der Waals surface area contributed by atoms with Crippen molar-refractivity contribution in [3.05, 3.63) is 75.8 Å². The summed E-state index contributed by atoms with van der Waals surface area (Å²) in [6.07, 6.45) is 0. The van der Waals surface area contributed by atoms with E-state index in [1.54, 1.807) is 24.3 Å². The van der Waals surface area contributed by atoms with Crippen molar-refractivity contribution in [2.75, 3.05) is 0 Å². The first-order valence-electron chi connectivity index (χ1n) is 6.86. The third-order valence-corrected chi connectivity index (χ3v) is 5.77. The van der Waals surface area contributed by atoms with Gasteiger partial charge in [-0.15, -0.1) is 0 Å². The van der Waals surface area contributed by atoms with Crippen LogP contribution in [0.2, 0.25) is 0 Å². The molecule has 0 fully saturated rings.